The molecule has 1 fully saturated rings. The molecule has 0 bridgehead atoms. The second kappa shape index (κ2) is 5.01. The molecule has 0 saturated carbocycles. The van der Waals surface area contributed by atoms with E-state index >= 15 is 0 Å². The molecule has 1 aliphatic rings. The van der Waals surface area contributed by atoms with Crippen LogP contribution in [0.3, 0.4) is 0 Å². The molecule has 1 amide bonds. The van der Waals surface area contributed by atoms with Gasteiger partial charge in [-0.3, -0.25) is 14.6 Å². The summed E-state index contributed by atoms with van der Waals surface area (Å²) in [6, 6.07) is 4.76. The number of anilines is 1. The summed E-state index contributed by atoms with van der Waals surface area (Å²) in [5.41, 5.74) is 2.83. The quantitative estimate of drug-likeness (QED) is 0.865. The van der Waals surface area contributed by atoms with E-state index in [1.165, 1.54) is 4.90 Å². The third kappa shape index (κ3) is 2.61. The van der Waals surface area contributed by atoms with Gasteiger partial charge in [0.2, 0.25) is 5.91 Å². The Kier molecular flexibility index (Phi) is 3.57. The first-order chi connectivity index (χ1) is 8.90. The molecule has 1 aliphatic heterocycles. The van der Waals surface area contributed by atoms with Crippen LogP contribution < -0.4 is 4.90 Å². The molecule has 102 valence electrons. The van der Waals surface area contributed by atoms with E-state index in [4.69, 9.17) is 0 Å². The number of carboxylic acids is 1. The average molecular weight is 262 g/mol. The number of aliphatic carboxylic acids is 1. The van der Waals surface area contributed by atoms with Gasteiger partial charge in [-0.1, -0.05) is 6.07 Å². The van der Waals surface area contributed by atoms with Crippen molar-refractivity contribution in [3.8, 4) is 0 Å². The number of amides is 1. The Labute approximate surface area is 112 Å². The zero-order chi connectivity index (χ0) is 14.2. The number of hydrogen-bond donors (Lipinski definition) is 1. The first-order valence-electron chi connectivity index (χ1n) is 6.21. The lowest BCUT2D eigenvalue weighted by molar-refractivity contribution is -0.142. The van der Waals surface area contributed by atoms with Gasteiger partial charge < -0.3 is 5.11 Å². The molecule has 0 aliphatic carbocycles. The van der Waals surface area contributed by atoms with Crippen molar-refractivity contribution < 1.29 is 14.7 Å². The molecule has 1 heterocycles. The maximum atomic E-state index is 12.1. The van der Waals surface area contributed by atoms with E-state index in [-0.39, 0.29) is 12.5 Å². The van der Waals surface area contributed by atoms with Crippen LogP contribution in [0.5, 0.6) is 0 Å². The summed E-state index contributed by atoms with van der Waals surface area (Å²) in [6.07, 6.45) is 0. The lowest BCUT2D eigenvalue weighted by atomic mass is 10.1. The number of rotatable bonds is 2. The first kappa shape index (κ1) is 13.5. The van der Waals surface area contributed by atoms with Crippen molar-refractivity contribution >= 4 is 17.6 Å². The molecule has 1 aromatic rings. The molecule has 5 nitrogen and oxygen atoms in total. The highest BCUT2D eigenvalue weighted by molar-refractivity contribution is 6.01. The number of benzene rings is 1. The molecule has 19 heavy (non-hydrogen) atoms. The van der Waals surface area contributed by atoms with Crippen molar-refractivity contribution in [3.05, 3.63) is 29.3 Å². The Morgan fingerprint density at radius 3 is 2.58 bits per heavy atom. The molecule has 1 saturated heterocycles. The normalized spacial score (nSPS) is 20.7. The Morgan fingerprint density at radius 1 is 1.32 bits per heavy atom. The lowest BCUT2D eigenvalue weighted by Gasteiger charge is -2.37. The van der Waals surface area contributed by atoms with Gasteiger partial charge in [-0.25, -0.2) is 4.79 Å². The van der Waals surface area contributed by atoms with E-state index in [2.05, 4.69) is 0 Å². The molecule has 0 radical (unpaired) electrons. The molecule has 0 spiro atoms. The number of carboxylic acid groups (broad SMARTS) is 1. The number of hydrogen-bond acceptors (Lipinski definition) is 3. The highest BCUT2D eigenvalue weighted by atomic mass is 16.4. The fourth-order valence-electron chi connectivity index (χ4n) is 2.31. The summed E-state index contributed by atoms with van der Waals surface area (Å²) in [5.74, 6) is -1.15. The summed E-state index contributed by atoms with van der Waals surface area (Å²) in [5, 5.41) is 9.31. The predicted molar refractivity (Wildman–Crippen MR) is 72.3 cm³/mol. The number of piperazine rings is 1. The van der Waals surface area contributed by atoms with Crippen LogP contribution in [0.2, 0.25) is 0 Å². The van der Waals surface area contributed by atoms with Crippen LogP contribution >= 0.6 is 0 Å². The number of aryl methyl sites for hydroxylation is 2. The molecule has 5 heteroatoms. The van der Waals surface area contributed by atoms with Crippen molar-refractivity contribution in [1.82, 2.24) is 4.90 Å². The second-order valence-corrected chi connectivity index (χ2v) is 5.08. The summed E-state index contributed by atoms with van der Waals surface area (Å²) in [7, 11) is 1.76. The van der Waals surface area contributed by atoms with Crippen LogP contribution in [-0.2, 0) is 9.59 Å². The van der Waals surface area contributed by atoms with Crippen LogP contribution in [0.15, 0.2) is 18.2 Å². The van der Waals surface area contributed by atoms with Crippen LogP contribution in [0.4, 0.5) is 5.69 Å². The van der Waals surface area contributed by atoms with Gasteiger partial charge in [0.05, 0.1) is 6.54 Å². The first-order valence-corrected chi connectivity index (χ1v) is 6.21. The van der Waals surface area contributed by atoms with Gasteiger partial charge in [-0.05, 0) is 44.2 Å². The Balaban J connectivity index is 2.41. The van der Waals surface area contributed by atoms with Crippen LogP contribution in [0, 0.1) is 13.8 Å². The van der Waals surface area contributed by atoms with E-state index < -0.39 is 12.0 Å². The van der Waals surface area contributed by atoms with Crippen LogP contribution in [-0.4, -0.2) is 48.1 Å². The van der Waals surface area contributed by atoms with E-state index in [0.29, 0.717) is 12.2 Å². The van der Waals surface area contributed by atoms with Gasteiger partial charge in [0.1, 0.15) is 6.04 Å². The van der Waals surface area contributed by atoms with E-state index in [1.54, 1.807) is 11.9 Å². The van der Waals surface area contributed by atoms with Crippen molar-refractivity contribution in [2.45, 2.75) is 19.9 Å². The fraction of sp³-hybridized carbons (Fsp3) is 0.429. The monoisotopic (exact) mass is 262 g/mol. The largest absolute Gasteiger partial charge is 0.480 e. The molecule has 2 rings (SSSR count). The third-order valence-corrected chi connectivity index (χ3v) is 3.52. The molecule has 1 N–H and O–H groups in total. The van der Waals surface area contributed by atoms with Gasteiger partial charge in [-0.2, -0.15) is 0 Å². The fourth-order valence-corrected chi connectivity index (χ4v) is 2.31. The van der Waals surface area contributed by atoms with Crippen molar-refractivity contribution in [1.29, 1.82) is 0 Å². The van der Waals surface area contributed by atoms with Gasteiger partial charge in [0.15, 0.2) is 0 Å². The Hall–Kier alpha value is -1.88. The maximum Gasteiger partial charge on any atom is 0.328 e. The van der Waals surface area contributed by atoms with E-state index in [1.807, 2.05) is 32.0 Å². The van der Waals surface area contributed by atoms with Gasteiger partial charge in [0.25, 0.3) is 0 Å². The molecule has 0 aromatic heterocycles. The number of nitrogens with zero attached hydrogens (tertiary/aromatic N) is 2. The molecule has 1 atom stereocenters. The smallest absolute Gasteiger partial charge is 0.328 e. The van der Waals surface area contributed by atoms with E-state index in [0.717, 1.165) is 11.1 Å². The second-order valence-electron chi connectivity index (χ2n) is 5.08. The van der Waals surface area contributed by atoms with Gasteiger partial charge >= 0.3 is 5.97 Å². The molecular formula is C14H18N2O3. The third-order valence-electron chi connectivity index (χ3n) is 3.52. The topological polar surface area (TPSA) is 60.9 Å². The minimum atomic E-state index is -0.974. The average Bonchev–Trinajstić information content (AvgIpc) is 2.32. The lowest BCUT2D eigenvalue weighted by Crippen LogP contribution is -2.58. The van der Waals surface area contributed by atoms with Crippen molar-refractivity contribution in [3.63, 3.8) is 0 Å². The van der Waals surface area contributed by atoms with E-state index in [9.17, 15) is 14.7 Å². The summed E-state index contributed by atoms with van der Waals surface area (Å²) < 4.78 is 0. The minimum Gasteiger partial charge on any atom is -0.480 e. The molecule has 1 unspecified atom stereocenters. The predicted octanol–water partition coefficient (Wildman–Crippen LogP) is 1.04. The number of carbonyl (C=O) groups excluding carboxylic acids is 1. The van der Waals surface area contributed by atoms with Crippen LogP contribution in [0.25, 0.3) is 0 Å². The molecule has 1 aromatic carbocycles. The Bertz CT molecular complexity index is 527. The zero-order valence-electron chi connectivity index (χ0n) is 11.4. The maximum absolute atomic E-state index is 12.1. The summed E-state index contributed by atoms with van der Waals surface area (Å²) in [4.78, 5) is 26.6. The minimum absolute atomic E-state index is 0.176. The van der Waals surface area contributed by atoms with Gasteiger partial charge in [-0.15, -0.1) is 0 Å². The highest BCUT2D eigenvalue weighted by Crippen LogP contribution is 2.24. The summed E-state index contributed by atoms with van der Waals surface area (Å²) in [6.45, 7) is 4.53. The molecular weight excluding hydrogens is 244 g/mol. The SMILES string of the molecule is Cc1ccc(N2C(=O)CN(C)CC2C(=O)O)cc1C. The van der Waals surface area contributed by atoms with Crippen molar-refractivity contribution in [2.75, 3.05) is 25.0 Å². The standard InChI is InChI=1S/C14H18N2O3/c1-9-4-5-11(6-10(9)2)16-12(14(18)19)7-15(3)8-13(16)17/h4-6,12H,7-8H2,1-3H3,(H,18,19). The van der Waals surface area contributed by atoms with Gasteiger partial charge in [0, 0.05) is 12.2 Å². The highest BCUT2D eigenvalue weighted by Gasteiger charge is 2.36. The number of carbonyl (C=O) groups is 2. The summed E-state index contributed by atoms with van der Waals surface area (Å²) >= 11 is 0. The van der Waals surface area contributed by atoms with Crippen LogP contribution in [0.1, 0.15) is 11.1 Å². The number of likely N-dealkylation sites (N-methyl/N-ethyl adjacent to an activating group) is 1. The zero-order valence-corrected chi connectivity index (χ0v) is 11.4. The Morgan fingerprint density at radius 2 is 2.00 bits per heavy atom. The van der Waals surface area contributed by atoms with Crippen molar-refractivity contribution in [2.24, 2.45) is 0 Å².